The van der Waals surface area contributed by atoms with Crippen LogP contribution in [0.3, 0.4) is 0 Å². The number of phenols is 1. The van der Waals surface area contributed by atoms with Crippen molar-refractivity contribution in [3.63, 3.8) is 0 Å². The number of nitrogens with one attached hydrogen (secondary N) is 2. The van der Waals surface area contributed by atoms with Gasteiger partial charge in [-0.1, -0.05) is 6.07 Å². The van der Waals surface area contributed by atoms with Gasteiger partial charge >= 0.3 is 0 Å². The molecule has 5 nitrogen and oxygen atoms in total. The van der Waals surface area contributed by atoms with Crippen molar-refractivity contribution in [2.75, 3.05) is 0 Å². The second-order valence-corrected chi connectivity index (χ2v) is 4.79. The summed E-state index contributed by atoms with van der Waals surface area (Å²) in [5, 5.41) is 14.2. The van der Waals surface area contributed by atoms with Crippen LogP contribution in [0.5, 0.6) is 5.75 Å². The molecule has 0 spiro atoms. The summed E-state index contributed by atoms with van der Waals surface area (Å²) < 4.78 is 5.38. The van der Waals surface area contributed by atoms with Gasteiger partial charge in [0.2, 0.25) is 5.91 Å². The zero-order valence-corrected chi connectivity index (χ0v) is 11.5. The van der Waals surface area contributed by atoms with Crippen LogP contribution in [-0.2, 0) is 4.79 Å². The van der Waals surface area contributed by atoms with Gasteiger partial charge in [0, 0.05) is 18.6 Å². The number of H-pyrrole nitrogens is 1. The number of pyridine rings is 1. The number of aromatic nitrogens is 1. The minimum atomic E-state index is -0.532. The van der Waals surface area contributed by atoms with Gasteiger partial charge in [0.25, 0.3) is 5.52 Å². The second-order valence-electron chi connectivity index (χ2n) is 4.79. The fraction of sp³-hybridized carbons (Fsp3) is 0.125. The van der Waals surface area contributed by atoms with Crippen LogP contribution in [0.2, 0.25) is 0 Å². The minimum absolute atomic E-state index is 0.100. The van der Waals surface area contributed by atoms with Crippen molar-refractivity contribution < 1.29 is 19.3 Å². The molecule has 0 saturated heterocycles. The highest BCUT2D eigenvalue weighted by Gasteiger charge is 2.24. The predicted molar refractivity (Wildman–Crippen MR) is 76.5 cm³/mol. The number of rotatable bonds is 3. The molecular formula is C16H15N2O3+. The molecule has 0 saturated carbocycles. The highest BCUT2D eigenvalue weighted by atomic mass is 16.3. The molecular weight excluding hydrogens is 268 g/mol. The van der Waals surface area contributed by atoms with E-state index in [1.165, 1.54) is 13.2 Å². The smallest absolute Gasteiger partial charge is 0.253 e. The van der Waals surface area contributed by atoms with Gasteiger partial charge in [0.1, 0.15) is 11.8 Å². The number of carbonyl (C=O) groups excluding carboxylic acids is 1. The van der Waals surface area contributed by atoms with Gasteiger partial charge in [0.05, 0.1) is 11.6 Å². The molecule has 1 amide bonds. The fourth-order valence-electron chi connectivity index (χ4n) is 2.39. The van der Waals surface area contributed by atoms with Crippen LogP contribution in [0.15, 0.2) is 53.3 Å². The van der Waals surface area contributed by atoms with E-state index in [0.717, 1.165) is 5.39 Å². The van der Waals surface area contributed by atoms with Gasteiger partial charge in [-0.25, -0.2) is 4.98 Å². The number of phenolic OH excluding ortho intramolecular Hbond substituents is 1. The Labute approximate surface area is 121 Å². The predicted octanol–water partition coefficient (Wildman–Crippen LogP) is 2.18. The van der Waals surface area contributed by atoms with Crippen molar-refractivity contribution >= 4 is 16.8 Å². The molecule has 0 fully saturated rings. The highest BCUT2D eigenvalue weighted by Crippen LogP contribution is 2.33. The number of hydrogen-bond donors (Lipinski definition) is 2. The van der Waals surface area contributed by atoms with Gasteiger partial charge in [-0.05, 0) is 24.3 Å². The maximum absolute atomic E-state index is 11.5. The lowest BCUT2D eigenvalue weighted by Gasteiger charge is -2.17. The summed E-state index contributed by atoms with van der Waals surface area (Å²) in [6.07, 6.45) is 3.28. The zero-order chi connectivity index (χ0) is 14.8. The van der Waals surface area contributed by atoms with E-state index in [1.807, 2.05) is 18.2 Å². The Morgan fingerprint density at radius 2 is 2.14 bits per heavy atom. The third-order valence-corrected chi connectivity index (χ3v) is 3.33. The molecule has 0 aliphatic carbocycles. The summed E-state index contributed by atoms with van der Waals surface area (Å²) in [6.45, 7) is 1.43. The SMILES string of the molecule is CC(=O)NC(c1ccco1)c1ccc2ccc[nH+]c2c1O. The lowest BCUT2D eigenvalue weighted by atomic mass is 10.0. The van der Waals surface area contributed by atoms with E-state index >= 15 is 0 Å². The van der Waals surface area contributed by atoms with Crippen molar-refractivity contribution in [2.45, 2.75) is 13.0 Å². The van der Waals surface area contributed by atoms with Crippen molar-refractivity contribution in [2.24, 2.45) is 0 Å². The Balaban J connectivity index is 2.15. The molecule has 1 atom stereocenters. The number of amides is 1. The normalized spacial score (nSPS) is 12.2. The average molecular weight is 283 g/mol. The van der Waals surface area contributed by atoms with Crippen LogP contribution in [0.25, 0.3) is 10.9 Å². The first-order valence-corrected chi connectivity index (χ1v) is 6.59. The first kappa shape index (κ1) is 13.2. The summed E-state index contributed by atoms with van der Waals surface area (Å²) in [5.41, 5.74) is 1.20. The third kappa shape index (κ3) is 2.45. The molecule has 3 aromatic rings. The molecule has 0 bridgehead atoms. The maximum Gasteiger partial charge on any atom is 0.253 e. The van der Waals surface area contributed by atoms with Crippen molar-refractivity contribution in [3.8, 4) is 5.75 Å². The Kier molecular flexibility index (Phi) is 3.31. The molecule has 2 heterocycles. The van der Waals surface area contributed by atoms with E-state index in [9.17, 15) is 9.90 Å². The first-order valence-electron chi connectivity index (χ1n) is 6.59. The molecule has 0 radical (unpaired) electrons. The number of aromatic hydroxyl groups is 1. The topological polar surface area (TPSA) is 76.6 Å². The first-order chi connectivity index (χ1) is 10.2. The van der Waals surface area contributed by atoms with Gasteiger partial charge in [-0.3, -0.25) is 4.79 Å². The van der Waals surface area contributed by atoms with Gasteiger partial charge in [-0.15, -0.1) is 0 Å². The number of benzene rings is 1. The molecule has 3 rings (SSSR count). The van der Waals surface area contributed by atoms with Crippen molar-refractivity contribution in [3.05, 3.63) is 60.2 Å². The van der Waals surface area contributed by atoms with E-state index in [4.69, 9.17) is 4.42 Å². The molecule has 106 valence electrons. The van der Waals surface area contributed by atoms with Crippen LogP contribution in [0, 0.1) is 0 Å². The molecule has 0 aliphatic heterocycles. The summed E-state index contributed by atoms with van der Waals surface area (Å²) in [6, 6.07) is 10.4. The molecule has 21 heavy (non-hydrogen) atoms. The number of fused-ring (bicyclic) bond motifs is 1. The summed E-state index contributed by atoms with van der Waals surface area (Å²) in [4.78, 5) is 14.5. The van der Waals surface area contributed by atoms with Crippen LogP contribution in [0.1, 0.15) is 24.3 Å². The lowest BCUT2D eigenvalue weighted by Crippen LogP contribution is -2.26. The van der Waals surface area contributed by atoms with Crippen LogP contribution in [0.4, 0.5) is 0 Å². The second kappa shape index (κ2) is 5.28. The number of hydrogen-bond acceptors (Lipinski definition) is 3. The van der Waals surface area contributed by atoms with Crippen molar-refractivity contribution in [1.82, 2.24) is 5.32 Å². The number of furan rings is 1. The quantitative estimate of drug-likeness (QED) is 0.773. The molecule has 2 aromatic heterocycles. The highest BCUT2D eigenvalue weighted by molar-refractivity contribution is 5.83. The maximum atomic E-state index is 11.5. The molecule has 1 unspecified atom stereocenters. The van der Waals surface area contributed by atoms with Gasteiger partial charge < -0.3 is 14.8 Å². The molecule has 5 heteroatoms. The molecule has 3 N–H and O–H groups in total. The van der Waals surface area contributed by atoms with E-state index in [2.05, 4.69) is 10.3 Å². The van der Waals surface area contributed by atoms with Crippen LogP contribution < -0.4 is 10.3 Å². The van der Waals surface area contributed by atoms with Crippen LogP contribution >= 0.6 is 0 Å². The van der Waals surface area contributed by atoms with E-state index in [1.54, 1.807) is 24.4 Å². The Hall–Kier alpha value is -2.82. The summed E-state index contributed by atoms with van der Waals surface area (Å²) in [7, 11) is 0. The van der Waals surface area contributed by atoms with E-state index < -0.39 is 6.04 Å². The van der Waals surface area contributed by atoms with E-state index in [-0.39, 0.29) is 11.7 Å². The van der Waals surface area contributed by atoms with Gasteiger partial charge in [0.15, 0.2) is 11.9 Å². The Morgan fingerprint density at radius 3 is 2.86 bits per heavy atom. The third-order valence-electron chi connectivity index (χ3n) is 3.33. The zero-order valence-electron chi connectivity index (χ0n) is 11.5. The lowest BCUT2D eigenvalue weighted by molar-refractivity contribution is -0.345. The van der Waals surface area contributed by atoms with Crippen LogP contribution in [-0.4, -0.2) is 11.0 Å². The Bertz CT molecular complexity index is 781. The number of aromatic amines is 1. The Morgan fingerprint density at radius 1 is 1.29 bits per heavy atom. The van der Waals surface area contributed by atoms with E-state index in [0.29, 0.717) is 16.8 Å². The summed E-state index contributed by atoms with van der Waals surface area (Å²) in [5.74, 6) is 0.465. The molecule has 0 aliphatic rings. The standard InChI is InChI=1S/C16H14N2O3/c1-10(19)18-15(13-5-3-9-21-13)12-7-6-11-4-2-8-17-14(11)16(12)20/h2-9,15,20H,1H3,(H,18,19)/p+1. The summed E-state index contributed by atoms with van der Waals surface area (Å²) >= 11 is 0. The monoisotopic (exact) mass is 283 g/mol. The largest absolute Gasteiger partial charge is 0.502 e. The average Bonchev–Trinajstić information content (AvgIpc) is 3.00. The van der Waals surface area contributed by atoms with Crippen molar-refractivity contribution in [1.29, 1.82) is 0 Å². The fourth-order valence-corrected chi connectivity index (χ4v) is 2.39. The molecule has 1 aromatic carbocycles. The van der Waals surface area contributed by atoms with Gasteiger partial charge in [-0.2, -0.15) is 0 Å². The minimum Gasteiger partial charge on any atom is -0.502 e. The number of carbonyl (C=O) groups is 1.